The summed E-state index contributed by atoms with van der Waals surface area (Å²) < 4.78 is 16.8. The first-order valence-electron chi connectivity index (χ1n) is 10.8. The van der Waals surface area contributed by atoms with Crippen LogP contribution in [0.25, 0.3) is 0 Å². The van der Waals surface area contributed by atoms with Crippen molar-refractivity contribution >= 4 is 5.69 Å². The Morgan fingerprint density at radius 2 is 1.68 bits per heavy atom. The maximum atomic E-state index is 14.9. The Morgan fingerprint density at radius 3 is 2.35 bits per heavy atom. The summed E-state index contributed by atoms with van der Waals surface area (Å²) in [6.07, 6.45) is 0. The molecular weight excluding hydrogens is 391 g/mol. The van der Waals surface area contributed by atoms with Gasteiger partial charge in [-0.3, -0.25) is 4.90 Å². The summed E-state index contributed by atoms with van der Waals surface area (Å²) in [6.45, 7) is 13.8. The van der Waals surface area contributed by atoms with Gasteiger partial charge in [-0.05, 0) is 68.3 Å². The molecule has 1 saturated heterocycles. The molecule has 7 heteroatoms. The van der Waals surface area contributed by atoms with Crippen molar-refractivity contribution in [2.45, 2.75) is 46.2 Å². The summed E-state index contributed by atoms with van der Waals surface area (Å²) in [6, 6.07) is 13.2. The van der Waals surface area contributed by atoms with Crippen molar-refractivity contribution in [3.63, 3.8) is 0 Å². The van der Waals surface area contributed by atoms with Gasteiger partial charge >= 0.3 is 0 Å². The molecule has 0 amide bonds. The highest BCUT2D eigenvalue weighted by atomic mass is 19.1. The largest absolute Gasteiger partial charge is 0.369 e. The minimum atomic E-state index is -0.337. The minimum Gasteiger partial charge on any atom is -0.369 e. The lowest BCUT2D eigenvalue weighted by Gasteiger charge is -2.41. The van der Waals surface area contributed by atoms with Gasteiger partial charge < -0.3 is 4.90 Å². The molecule has 164 valence electrons. The van der Waals surface area contributed by atoms with Crippen LogP contribution in [0.4, 0.5) is 10.1 Å². The number of benzene rings is 2. The first-order chi connectivity index (χ1) is 14.8. The van der Waals surface area contributed by atoms with Crippen LogP contribution < -0.4 is 4.90 Å². The number of piperazine rings is 1. The maximum Gasteiger partial charge on any atom is 0.173 e. The third-order valence-corrected chi connectivity index (χ3v) is 5.96. The summed E-state index contributed by atoms with van der Waals surface area (Å²) >= 11 is 0. The Morgan fingerprint density at radius 1 is 0.968 bits per heavy atom. The number of rotatable bonds is 4. The van der Waals surface area contributed by atoms with Crippen LogP contribution in [0.3, 0.4) is 0 Å². The van der Waals surface area contributed by atoms with Gasteiger partial charge in [0.1, 0.15) is 11.9 Å². The van der Waals surface area contributed by atoms with E-state index < -0.39 is 0 Å². The van der Waals surface area contributed by atoms with Gasteiger partial charge in [0.15, 0.2) is 5.82 Å². The van der Waals surface area contributed by atoms with Crippen molar-refractivity contribution in [1.29, 1.82) is 0 Å². The van der Waals surface area contributed by atoms with Crippen LogP contribution in [0.15, 0.2) is 42.5 Å². The first-order valence-corrected chi connectivity index (χ1v) is 10.8. The van der Waals surface area contributed by atoms with Gasteiger partial charge in [-0.25, -0.2) is 9.07 Å². The average molecular weight is 423 g/mol. The van der Waals surface area contributed by atoms with Crippen LogP contribution in [0.5, 0.6) is 0 Å². The molecule has 1 aromatic heterocycles. The van der Waals surface area contributed by atoms with Gasteiger partial charge in [0.05, 0.1) is 5.54 Å². The van der Waals surface area contributed by atoms with Gasteiger partial charge in [0, 0.05) is 37.4 Å². The second kappa shape index (κ2) is 8.38. The molecule has 1 atom stereocenters. The summed E-state index contributed by atoms with van der Waals surface area (Å²) in [4.78, 5) is 4.72. The van der Waals surface area contributed by atoms with Crippen LogP contribution in [-0.2, 0) is 5.54 Å². The second-order valence-corrected chi connectivity index (χ2v) is 9.36. The summed E-state index contributed by atoms with van der Waals surface area (Å²) in [5.74, 6) is 0.450. The van der Waals surface area contributed by atoms with Gasteiger partial charge in [-0.2, -0.15) is 0 Å². The molecule has 4 rings (SSSR count). The number of tetrazole rings is 1. The molecule has 0 saturated carbocycles. The zero-order valence-electron chi connectivity index (χ0n) is 19.0. The standard InChI is InChI=1S/C24H31FN6/c1-17-10-11-18(2)21(16-17)29-12-14-30(15-13-29)22(19-8-6-7-9-20(19)25)23-26-27-28-31(23)24(3,4)5/h6-11,16,22H,12-15H2,1-5H3/t22-/m0/s1. The molecule has 1 aliphatic heterocycles. The molecule has 0 spiro atoms. The number of nitrogens with zero attached hydrogens (tertiary/aromatic N) is 6. The SMILES string of the molecule is Cc1ccc(C)c(N2CCN([C@@H](c3ccccc3F)c3nnnn3C(C)(C)C)CC2)c1. The number of anilines is 1. The number of halogens is 1. The Balaban J connectivity index is 1.66. The van der Waals surface area contributed by atoms with Crippen molar-refractivity contribution in [2.24, 2.45) is 0 Å². The summed E-state index contributed by atoms with van der Waals surface area (Å²) in [5, 5.41) is 12.5. The van der Waals surface area contributed by atoms with Crippen molar-refractivity contribution < 1.29 is 4.39 Å². The van der Waals surface area contributed by atoms with E-state index in [0.29, 0.717) is 11.4 Å². The van der Waals surface area contributed by atoms with E-state index in [9.17, 15) is 4.39 Å². The lowest BCUT2D eigenvalue weighted by molar-refractivity contribution is 0.188. The summed E-state index contributed by atoms with van der Waals surface area (Å²) in [5.41, 5.74) is 4.13. The summed E-state index contributed by atoms with van der Waals surface area (Å²) in [7, 11) is 0. The Bertz CT molecular complexity index is 1050. The predicted octanol–water partition coefficient (Wildman–Crippen LogP) is 4.10. The number of aryl methyl sites for hydroxylation is 2. The zero-order valence-corrected chi connectivity index (χ0v) is 19.0. The van der Waals surface area contributed by atoms with E-state index in [1.807, 2.05) is 16.8 Å². The minimum absolute atomic E-state index is 0.229. The van der Waals surface area contributed by atoms with Crippen molar-refractivity contribution in [1.82, 2.24) is 25.1 Å². The highest BCUT2D eigenvalue weighted by Gasteiger charge is 2.34. The fraction of sp³-hybridized carbons (Fsp3) is 0.458. The molecule has 6 nitrogen and oxygen atoms in total. The molecular formula is C24H31FN6. The normalized spacial score (nSPS) is 16.5. The second-order valence-electron chi connectivity index (χ2n) is 9.36. The Hall–Kier alpha value is -2.80. The maximum absolute atomic E-state index is 14.9. The quantitative estimate of drug-likeness (QED) is 0.634. The molecule has 0 aliphatic carbocycles. The molecule has 0 unspecified atom stereocenters. The van der Waals surface area contributed by atoms with Crippen LogP contribution in [0.1, 0.15) is 49.3 Å². The van der Waals surface area contributed by atoms with Gasteiger partial charge in [0.25, 0.3) is 0 Å². The molecule has 3 aromatic rings. The van der Waals surface area contributed by atoms with E-state index in [1.165, 1.54) is 22.9 Å². The molecule has 1 fully saturated rings. The third-order valence-electron chi connectivity index (χ3n) is 5.96. The van der Waals surface area contributed by atoms with Gasteiger partial charge in [-0.15, -0.1) is 5.10 Å². The van der Waals surface area contributed by atoms with Crippen LogP contribution in [0, 0.1) is 19.7 Å². The Labute approximate surface area is 183 Å². The molecule has 31 heavy (non-hydrogen) atoms. The molecule has 0 radical (unpaired) electrons. The highest BCUT2D eigenvalue weighted by Crippen LogP contribution is 2.33. The van der Waals surface area contributed by atoms with Gasteiger partial charge in [0.2, 0.25) is 0 Å². The lowest BCUT2D eigenvalue weighted by Crippen LogP contribution is -2.49. The fourth-order valence-corrected chi connectivity index (χ4v) is 4.32. The molecule has 0 N–H and O–H groups in total. The van der Waals surface area contributed by atoms with Crippen LogP contribution in [0.2, 0.25) is 0 Å². The smallest absolute Gasteiger partial charge is 0.173 e. The van der Waals surface area contributed by atoms with E-state index in [1.54, 1.807) is 6.07 Å². The lowest BCUT2D eigenvalue weighted by atomic mass is 10.0. The molecule has 1 aliphatic rings. The van der Waals surface area contributed by atoms with E-state index in [4.69, 9.17) is 0 Å². The highest BCUT2D eigenvalue weighted by molar-refractivity contribution is 5.55. The van der Waals surface area contributed by atoms with Crippen LogP contribution in [-0.4, -0.2) is 51.3 Å². The Kier molecular flexibility index (Phi) is 5.79. The van der Waals surface area contributed by atoms with E-state index in [0.717, 1.165) is 26.2 Å². The van der Waals surface area contributed by atoms with Gasteiger partial charge in [-0.1, -0.05) is 30.3 Å². The van der Waals surface area contributed by atoms with E-state index in [-0.39, 0.29) is 17.4 Å². The van der Waals surface area contributed by atoms with Crippen molar-refractivity contribution in [3.05, 3.63) is 70.8 Å². The number of hydrogen-bond donors (Lipinski definition) is 0. The monoisotopic (exact) mass is 422 g/mol. The van der Waals surface area contributed by atoms with E-state index >= 15 is 0 Å². The first kappa shape index (κ1) is 21.4. The van der Waals surface area contributed by atoms with Crippen molar-refractivity contribution in [3.8, 4) is 0 Å². The van der Waals surface area contributed by atoms with Crippen molar-refractivity contribution in [2.75, 3.05) is 31.1 Å². The topological polar surface area (TPSA) is 50.1 Å². The predicted molar refractivity (Wildman–Crippen MR) is 121 cm³/mol. The fourth-order valence-electron chi connectivity index (χ4n) is 4.32. The average Bonchev–Trinajstić information content (AvgIpc) is 3.22. The zero-order chi connectivity index (χ0) is 22.2. The number of hydrogen-bond acceptors (Lipinski definition) is 5. The molecule has 0 bridgehead atoms. The van der Waals surface area contributed by atoms with E-state index in [2.05, 4.69) is 78.1 Å². The molecule has 2 heterocycles. The van der Waals surface area contributed by atoms with Crippen LogP contribution >= 0.6 is 0 Å². The number of aromatic nitrogens is 4. The third kappa shape index (κ3) is 4.32. The molecule has 2 aromatic carbocycles.